The summed E-state index contributed by atoms with van der Waals surface area (Å²) in [6.07, 6.45) is 2.11. The van der Waals surface area contributed by atoms with Crippen molar-refractivity contribution in [3.63, 3.8) is 0 Å². The van der Waals surface area contributed by atoms with Crippen molar-refractivity contribution in [2.24, 2.45) is 7.05 Å². The van der Waals surface area contributed by atoms with Gasteiger partial charge in [-0.2, -0.15) is 0 Å². The SMILES string of the molecule is Cn1cc(C2c3ccccc3C(=O)N2Cc2ccc(F)cc2)c2ccccc21. The van der Waals surface area contributed by atoms with Crippen LogP contribution in [0.5, 0.6) is 0 Å². The van der Waals surface area contributed by atoms with E-state index in [0.717, 1.165) is 33.2 Å². The van der Waals surface area contributed by atoms with Gasteiger partial charge in [-0.05, 0) is 35.4 Å². The maximum absolute atomic E-state index is 13.3. The summed E-state index contributed by atoms with van der Waals surface area (Å²) in [5.74, 6) is -0.261. The molecule has 1 atom stereocenters. The molecule has 5 rings (SSSR count). The molecule has 138 valence electrons. The first-order chi connectivity index (χ1) is 13.6. The Balaban J connectivity index is 1.67. The van der Waals surface area contributed by atoms with Crippen LogP contribution in [0.3, 0.4) is 0 Å². The van der Waals surface area contributed by atoms with Gasteiger partial charge >= 0.3 is 0 Å². The van der Waals surface area contributed by atoms with Gasteiger partial charge in [-0.1, -0.05) is 48.5 Å². The minimum absolute atomic E-state index is 0.0119. The molecule has 1 amide bonds. The predicted octanol–water partition coefficient (Wildman–Crippen LogP) is 5.06. The molecule has 0 radical (unpaired) electrons. The van der Waals surface area contributed by atoms with Gasteiger partial charge in [-0.3, -0.25) is 4.79 Å². The van der Waals surface area contributed by atoms with Gasteiger partial charge in [-0.25, -0.2) is 4.39 Å². The second-order valence-corrected chi connectivity index (χ2v) is 7.26. The van der Waals surface area contributed by atoms with Crippen LogP contribution in [0.25, 0.3) is 10.9 Å². The Hall–Kier alpha value is -3.40. The number of benzene rings is 3. The Morgan fingerprint density at radius 2 is 1.61 bits per heavy atom. The van der Waals surface area contributed by atoms with Crippen LogP contribution in [0.15, 0.2) is 79.0 Å². The van der Waals surface area contributed by atoms with Crippen molar-refractivity contribution in [3.8, 4) is 0 Å². The van der Waals surface area contributed by atoms with Gasteiger partial charge in [0.1, 0.15) is 5.82 Å². The molecule has 0 spiro atoms. The van der Waals surface area contributed by atoms with E-state index in [2.05, 4.69) is 22.9 Å². The number of halogens is 1. The lowest BCUT2D eigenvalue weighted by atomic mass is 9.97. The molecule has 0 saturated heterocycles. The number of carbonyl (C=O) groups excluding carboxylic acids is 1. The third-order valence-electron chi connectivity index (χ3n) is 5.55. The van der Waals surface area contributed by atoms with E-state index in [1.54, 1.807) is 12.1 Å². The summed E-state index contributed by atoms with van der Waals surface area (Å²) >= 11 is 0. The molecule has 0 N–H and O–H groups in total. The molecule has 2 heterocycles. The van der Waals surface area contributed by atoms with Crippen LogP contribution in [0, 0.1) is 5.82 Å². The predicted molar refractivity (Wildman–Crippen MR) is 107 cm³/mol. The summed E-state index contributed by atoms with van der Waals surface area (Å²) in [5.41, 5.74) is 4.91. The standard InChI is InChI=1S/C24H19FN2O/c1-26-15-21(18-6-4-5-9-22(18)26)23-19-7-2-3-8-20(19)24(28)27(23)14-16-10-12-17(25)13-11-16/h2-13,15,23H,14H2,1H3. The summed E-state index contributed by atoms with van der Waals surface area (Å²) in [5, 5.41) is 1.14. The van der Waals surface area contributed by atoms with E-state index in [0.29, 0.717) is 6.54 Å². The summed E-state index contributed by atoms with van der Waals surface area (Å²) in [6, 6.07) is 22.2. The van der Waals surface area contributed by atoms with Crippen molar-refractivity contribution < 1.29 is 9.18 Å². The van der Waals surface area contributed by atoms with Crippen LogP contribution in [-0.2, 0) is 13.6 Å². The smallest absolute Gasteiger partial charge is 0.255 e. The zero-order chi connectivity index (χ0) is 19.3. The molecule has 0 saturated carbocycles. The van der Waals surface area contributed by atoms with Crippen molar-refractivity contribution in [2.75, 3.05) is 0 Å². The molecular weight excluding hydrogens is 351 g/mol. The average Bonchev–Trinajstić information content (AvgIpc) is 3.19. The first-order valence-electron chi connectivity index (χ1n) is 9.32. The minimum atomic E-state index is -0.273. The van der Waals surface area contributed by atoms with Gasteiger partial charge in [0.25, 0.3) is 5.91 Å². The van der Waals surface area contributed by atoms with Gasteiger partial charge < -0.3 is 9.47 Å². The van der Waals surface area contributed by atoms with Gasteiger partial charge in [0.15, 0.2) is 0 Å². The third kappa shape index (κ3) is 2.53. The van der Waals surface area contributed by atoms with Gasteiger partial charge in [0.2, 0.25) is 0 Å². The highest BCUT2D eigenvalue weighted by atomic mass is 19.1. The zero-order valence-electron chi connectivity index (χ0n) is 15.5. The lowest BCUT2D eigenvalue weighted by Crippen LogP contribution is -2.28. The maximum atomic E-state index is 13.3. The molecule has 1 aromatic heterocycles. The molecular formula is C24H19FN2O. The van der Waals surface area contributed by atoms with Crippen molar-refractivity contribution in [2.45, 2.75) is 12.6 Å². The monoisotopic (exact) mass is 370 g/mol. The zero-order valence-corrected chi connectivity index (χ0v) is 15.5. The average molecular weight is 370 g/mol. The molecule has 0 aliphatic carbocycles. The lowest BCUT2D eigenvalue weighted by molar-refractivity contribution is 0.0736. The molecule has 1 unspecified atom stereocenters. The molecule has 4 aromatic rings. The van der Waals surface area contributed by atoms with E-state index in [4.69, 9.17) is 0 Å². The van der Waals surface area contributed by atoms with Gasteiger partial charge in [-0.15, -0.1) is 0 Å². The Kier molecular flexibility index (Phi) is 3.79. The number of nitrogens with zero attached hydrogens (tertiary/aromatic N) is 2. The summed E-state index contributed by atoms with van der Waals surface area (Å²) in [6.45, 7) is 0.432. The lowest BCUT2D eigenvalue weighted by Gasteiger charge is -2.25. The fourth-order valence-electron chi connectivity index (χ4n) is 4.25. The van der Waals surface area contributed by atoms with Crippen LogP contribution in [0.2, 0.25) is 0 Å². The fraction of sp³-hybridized carbons (Fsp3) is 0.125. The number of aromatic nitrogens is 1. The first-order valence-corrected chi connectivity index (χ1v) is 9.32. The van der Waals surface area contributed by atoms with E-state index < -0.39 is 0 Å². The van der Waals surface area contributed by atoms with Crippen molar-refractivity contribution in [1.82, 2.24) is 9.47 Å². The number of fused-ring (bicyclic) bond motifs is 2. The highest BCUT2D eigenvalue weighted by molar-refractivity contribution is 6.00. The number of aryl methyl sites for hydroxylation is 1. The second kappa shape index (κ2) is 6.34. The molecule has 1 aliphatic rings. The number of rotatable bonds is 3. The Morgan fingerprint density at radius 3 is 2.43 bits per heavy atom. The number of hydrogen-bond acceptors (Lipinski definition) is 1. The van der Waals surface area contributed by atoms with E-state index in [1.807, 2.05) is 48.3 Å². The maximum Gasteiger partial charge on any atom is 0.255 e. The number of para-hydroxylation sites is 1. The minimum Gasteiger partial charge on any atom is -0.350 e. The molecule has 0 bridgehead atoms. The number of carbonyl (C=O) groups is 1. The van der Waals surface area contributed by atoms with Crippen LogP contribution >= 0.6 is 0 Å². The largest absolute Gasteiger partial charge is 0.350 e. The van der Waals surface area contributed by atoms with Crippen molar-refractivity contribution in [1.29, 1.82) is 0 Å². The van der Waals surface area contributed by atoms with Gasteiger partial charge in [0, 0.05) is 41.8 Å². The Labute approximate surface area is 162 Å². The highest BCUT2D eigenvalue weighted by Gasteiger charge is 2.38. The topological polar surface area (TPSA) is 25.2 Å². The summed E-state index contributed by atoms with van der Waals surface area (Å²) in [7, 11) is 2.03. The Morgan fingerprint density at radius 1 is 0.893 bits per heavy atom. The molecule has 28 heavy (non-hydrogen) atoms. The van der Waals surface area contributed by atoms with E-state index >= 15 is 0 Å². The molecule has 3 nitrogen and oxygen atoms in total. The van der Waals surface area contributed by atoms with E-state index in [1.165, 1.54) is 12.1 Å². The molecule has 0 fully saturated rings. The fourth-order valence-corrected chi connectivity index (χ4v) is 4.25. The normalized spacial score (nSPS) is 16.0. The first kappa shape index (κ1) is 16.8. The van der Waals surface area contributed by atoms with Gasteiger partial charge in [0.05, 0.1) is 6.04 Å². The number of hydrogen-bond donors (Lipinski definition) is 0. The van der Waals surface area contributed by atoms with Crippen LogP contribution in [0.1, 0.15) is 33.1 Å². The third-order valence-corrected chi connectivity index (χ3v) is 5.55. The van der Waals surface area contributed by atoms with Crippen molar-refractivity contribution in [3.05, 3.63) is 107 Å². The van der Waals surface area contributed by atoms with Crippen LogP contribution < -0.4 is 0 Å². The second-order valence-electron chi connectivity index (χ2n) is 7.26. The van der Waals surface area contributed by atoms with E-state index in [9.17, 15) is 9.18 Å². The Bertz CT molecular complexity index is 1190. The van der Waals surface area contributed by atoms with E-state index in [-0.39, 0.29) is 17.8 Å². The van der Waals surface area contributed by atoms with Crippen LogP contribution in [0.4, 0.5) is 4.39 Å². The molecule has 3 aromatic carbocycles. The molecule has 4 heteroatoms. The number of amides is 1. The molecule has 1 aliphatic heterocycles. The summed E-state index contributed by atoms with van der Waals surface area (Å²) in [4.78, 5) is 15.1. The highest BCUT2D eigenvalue weighted by Crippen LogP contribution is 2.42. The van der Waals surface area contributed by atoms with Crippen LogP contribution in [-0.4, -0.2) is 15.4 Å². The van der Waals surface area contributed by atoms with Crippen molar-refractivity contribution >= 4 is 16.8 Å². The quantitative estimate of drug-likeness (QED) is 0.495. The summed E-state index contributed by atoms with van der Waals surface area (Å²) < 4.78 is 15.4.